The van der Waals surface area contributed by atoms with E-state index >= 15 is 4.39 Å². The lowest BCUT2D eigenvalue weighted by Crippen LogP contribution is -2.39. The average Bonchev–Trinajstić information content (AvgIpc) is 3.56. The summed E-state index contributed by atoms with van der Waals surface area (Å²) < 4.78 is 81.4. The SMILES string of the molecule is O=C1C2=C(C(c3ccc(F)c4[nH]c(=O)oc34)=NC2)C(c2cc(Oc3ccccc3)ccc2F)N1CC(F)(F)F. The van der Waals surface area contributed by atoms with Gasteiger partial charge in [-0.1, -0.05) is 18.2 Å². The number of fused-ring (bicyclic) bond motifs is 1. The van der Waals surface area contributed by atoms with Crippen molar-refractivity contribution in [2.75, 3.05) is 13.1 Å². The summed E-state index contributed by atoms with van der Waals surface area (Å²) >= 11 is 0. The lowest BCUT2D eigenvalue weighted by atomic mass is 9.91. The van der Waals surface area contributed by atoms with Crippen LogP contribution >= 0.6 is 0 Å². The van der Waals surface area contributed by atoms with Crippen LogP contribution in [0.5, 0.6) is 11.5 Å². The second kappa shape index (κ2) is 8.93. The summed E-state index contributed by atoms with van der Waals surface area (Å²) in [6, 6.07) is 12.8. The molecule has 4 aromatic rings. The second-order valence-electron chi connectivity index (χ2n) is 8.92. The highest BCUT2D eigenvalue weighted by atomic mass is 19.4. The predicted molar refractivity (Wildman–Crippen MR) is 129 cm³/mol. The Balaban J connectivity index is 1.50. The molecule has 3 aromatic carbocycles. The molecule has 6 rings (SSSR count). The molecule has 1 amide bonds. The average molecular weight is 541 g/mol. The van der Waals surface area contributed by atoms with Crippen molar-refractivity contribution in [1.82, 2.24) is 9.88 Å². The van der Waals surface area contributed by atoms with Crippen LogP contribution < -0.4 is 10.5 Å². The third-order valence-electron chi connectivity index (χ3n) is 6.45. The fourth-order valence-corrected chi connectivity index (χ4v) is 4.91. The summed E-state index contributed by atoms with van der Waals surface area (Å²) in [6.45, 7) is -1.94. The molecule has 1 N–H and O–H groups in total. The second-order valence-corrected chi connectivity index (χ2v) is 8.92. The van der Waals surface area contributed by atoms with E-state index in [0.29, 0.717) is 10.6 Å². The monoisotopic (exact) mass is 541 g/mol. The summed E-state index contributed by atoms with van der Waals surface area (Å²) in [7, 11) is 0. The first-order valence-electron chi connectivity index (χ1n) is 11.6. The Kier molecular flexibility index (Phi) is 5.63. The Hall–Kier alpha value is -4.74. The van der Waals surface area contributed by atoms with Crippen molar-refractivity contribution in [3.63, 3.8) is 0 Å². The van der Waals surface area contributed by atoms with Gasteiger partial charge in [0.15, 0.2) is 11.4 Å². The van der Waals surface area contributed by atoms with Gasteiger partial charge in [0.25, 0.3) is 5.91 Å². The van der Waals surface area contributed by atoms with E-state index in [0.717, 1.165) is 12.1 Å². The summed E-state index contributed by atoms with van der Waals surface area (Å²) in [5.41, 5.74) is -0.746. The number of nitrogens with zero attached hydrogens (tertiary/aromatic N) is 2. The van der Waals surface area contributed by atoms with Crippen molar-refractivity contribution in [2.24, 2.45) is 4.99 Å². The number of aliphatic imine (C=N–C) groups is 1. The lowest BCUT2D eigenvalue weighted by Gasteiger charge is -2.29. The zero-order chi connectivity index (χ0) is 27.5. The standard InChI is InChI=1S/C27H16F5N3O4/c28-18-8-6-14(38-13-4-2-1-3-5-13)10-16(18)23-20-17(25(36)35(23)12-27(30,31)32)11-33-21(20)15-7-9-19(29)22-24(15)39-26(37)34-22/h1-10,23H,11-12H2,(H,34,37). The molecular formula is C27H16F5N3O4. The molecule has 39 heavy (non-hydrogen) atoms. The molecule has 0 aliphatic carbocycles. The molecule has 3 heterocycles. The number of benzene rings is 3. The van der Waals surface area contributed by atoms with Crippen molar-refractivity contribution in [3.8, 4) is 11.5 Å². The van der Waals surface area contributed by atoms with Crippen molar-refractivity contribution in [2.45, 2.75) is 12.2 Å². The lowest BCUT2D eigenvalue weighted by molar-refractivity contribution is -0.160. The quantitative estimate of drug-likeness (QED) is 0.341. The maximum absolute atomic E-state index is 15.3. The van der Waals surface area contributed by atoms with Crippen LogP contribution in [0, 0.1) is 11.6 Å². The molecule has 2 aliphatic heterocycles. The molecule has 0 spiro atoms. The smallest absolute Gasteiger partial charge is 0.417 e. The number of para-hydroxylation sites is 1. The number of hydrogen-bond acceptors (Lipinski definition) is 5. The number of alkyl halides is 3. The van der Waals surface area contributed by atoms with Crippen LogP contribution in [0.3, 0.4) is 0 Å². The first kappa shape index (κ1) is 24.6. The number of rotatable bonds is 5. The Morgan fingerprint density at radius 2 is 1.74 bits per heavy atom. The van der Waals surface area contributed by atoms with Gasteiger partial charge in [-0.15, -0.1) is 0 Å². The van der Waals surface area contributed by atoms with Crippen molar-refractivity contribution < 1.29 is 35.9 Å². The summed E-state index contributed by atoms with van der Waals surface area (Å²) in [6.07, 6.45) is -4.80. The van der Waals surface area contributed by atoms with Gasteiger partial charge in [-0.25, -0.2) is 13.6 Å². The zero-order valence-electron chi connectivity index (χ0n) is 19.7. The van der Waals surface area contributed by atoms with Crippen molar-refractivity contribution >= 4 is 22.7 Å². The van der Waals surface area contributed by atoms with E-state index in [4.69, 9.17) is 9.15 Å². The molecule has 0 saturated heterocycles. The number of ether oxygens (including phenoxy) is 1. The number of aromatic nitrogens is 1. The van der Waals surface area contributed by atoms with Gasteiger partial charge >= 0.3 is 11.9 Å². The summed E-state index contributed by atoms with van der Waals surface area (Å²) in [4.78, 5) is 32.1. The van der Waals surface area contributed by atoms with Crippen LogP contribution in [0.4, 0.5) is 22.0 Å². The predicted octanol–water partition coefficient (Wildman–Crippen LogP) is 5.44. The van der Waals surface area contributed by atoms with Gasteiger partial charge in [0, 0.05) is 22.3 Å². The van der Waals surface area contributed by atoms with E-state index in [-0.39, 0.29) is 51.4 Å². The molecular weight excluding hydrogens is 525 g/mol. The topological polar surface area (TPSA) is 87.9 Å². The number of nitrogens with one attached hydrogen (secondary N) is 1. The molecule has 0 bridgehead atoms. The minimum Gasteiger partial charge on any atom is -0.457 e. The summed E-state index contributed by atoms with van der Waals surface area (Å²) in [5.74, 6) is -3.07. The van der Waals surface area contributed by atoms with E-state index in [2.05, 4.69) is 9.98 Å². The number of H-pyrrole nitrogens is 1. The fraction of sp³-hybridized carbons (Fsp3) is 0.148. The number of aromatic amines is 1. The number of halogens is 5. The maximum Gasteiger partial charge on any atom is 0.417 e. The third-order valence-corrected chi connectivity index (χ3v) is 6.45. The highest BCUT2D eigenvalue weighted by Gasteiger charge is 2.49. The first-order valence-corrected chi connectivity index (χ1v) is 11.6. The van der Waals surface area contributed by atoms with Crippen LogP contribution in [-0.4, -0.2) is 40.8 Å². The van der Waals surface area contributed by atoms with Crippen LogP contribution in [0.15, 0.2) is 86.0 Å². The molecule has 0 fully saturated rings. The number of carbonyl (C=O) groups is 1. The minimum absolute atomic E-state index is 0.00504. The number of carbonyl (C=O) groups excluding carboxylic acids is 1. The highest BCUT2D eigenvalue weighted by Crippen LogP contribution is 2.46. The van der Waals surface area contributed by atoms with Gasteiger partial charge in [0.2, 0.25) is 0 Å². The van der Waals surface area contributed by atoms with Gasteiger partial charge in [-0.3, -0.25) is 14.8 Å². The minimum atomic E-state index is -4.80. The van der Waals surface area contributed by atoms with Crippen molar-refractivity contribution in [1.29, 1.82) is 0 Å². The molecule has 2 aliphatic rings. The van der Waals surface area contributed by atoms with Gasteiger partial charge in [-0.2, -0.15) is 13.2 Å². The van der Waals surface area contributed by atoms with E-state index < -0.39 is 42.1 Å². The van der Waals surface area contributed by atoms with Gasteiger partial charge < -0.3 is 14.1 Å². The molecule has 7 nitrogen and oxygen atoms in total. The molecule has 0 radical (unpaired) electrons. The summed E-state index contributed by atoms with van der Waals surface area (Å²) in [5, 5.41) is 0. The molecule has 12 heteroatoms. The molecule has 1 atom stereocenters. The Morgan fingerprint density at radius 3 is 2.49 bits per heavy atom. The van der Waals surface area contributed by atoms with Crippen LogP contribution in [0.25, 0.3) is 11.1 Å². The van der Waals surface area contributed by atoms with Crippen LogP contribution in [0.1, 0.15) is 17.2 Å². The Morgan fingerprint density at radius 1 is 1.00 bits per heavy atom. The van der Waals surface area contributed by atoms with E-state index in [1.54, 1.807) is 30.3 Å². The van der Waals surface area contributed by atoms with E-state index in [1.165, 1.54) is 18.2 Å². The number of amides is 1. The van der Waals surface area contributed by atoms with Crippen molar-refractivity contribution in [3.05, 3.63) is 105 Å². The van der Waals surface area contributed by atoms with E-state index in [1.807, 2.05) is 0 Å². The van der Waals surface area contributed by atoms with Gasteiger partial charge in [0.05, 0.1) is 18.3 Å². The third kappa shape index (κ3) is 4.27. The zero-order valence-corrected chi connectivity index (χ0v) is 19.7. The van der Waals surface area contributed by atoms with Crippen LogP contribution in [0.2, 0.25) is 0 Å². The normalized spacial score (nSPS) is 17.3. The highest BCUT2D eigenvalue weighted by molar-refractivity contribution is 6.25. The van der Waals surface area contributed by atoms with Gasteiger partial charge in [-0.05, 0) is 42.5 Å². The molecule has 198 valence electrons. The fourth-order valence-electron chi connectivity index (χ4n) is 4.91. The first-order chi connectivity index (χ1) is 18.6. The maximum atomic E-state index is 15.3. The van der Waals surface area contributed by atoms with Crippen LogP contribution in [-0.2, 0) is 4.79 Å². The Labute approximate surface area is 215 Å². The molecule has 0 saturated carbocycles. The Bertz CT molecular complexity index is 1750. The van der Waals surface area contributed by atoms with Gasteiger partial charge in [0.1, 0.15) is 29.4 Å². The number of hydrogen-bond donors (Lipinski definition) is 1. The molecule has 1 aromatic heterocycles. The largest absolute Gasteiger partial charge is 0.457 e. The van der Waals surface area contributed by atoms with E-state index in [9.17, 15) is 27.2 Å². The molecule has 1 unspecified atom stereocenters. The number of oxazole rings is 1.